The molecule has 1 aromatic heterocycles. The maximum atomic E-state index is 11.5. The Labute approximate surface area is 95.4 Å². The van der Waals surface area contributed by atoms with Crippen LogP contribution in [-0.2, 0) is 0 Å². The van der Waals surface area contributed by atoms with Crippen LogP contribution in [0, 0.1) is 6.92 Å². The molecule has 0 aromatic carbocycles. The van der Waals surface area contributed by atoms with Crippen molar-refractivity contribution in [3.8, 4) is 0 Å². The van der Waals surface area contributed by atoms with E-state index >= 15 is 0 Å². The average Bonchev–Trinajstić information content (AvgIpc) is 2.63. The van der Waals surface area contributed by atoms with Crippen molar-refractivity contribution in [1.29, 1.82) is 0 Å². The summed E-state index contributed by atoms with van der Waals surface area (Å²) in [5, 5.41) is 9.21. The zero-order valence-electron chi connectivity index (χ0n) is 10.1. The van der Waals surface area contributed by atoms with Crippen molar-refractivity contribution < 1.29 is 4.79 Å². The topological polar surface area (TPSA) is 73.9 Å². The molecular weight excluding hydrogens is 206 g/mol. The van der Waals surface area contributed by atoms with Crippen molar-refractivity contribution in [1.82, 2.24) is 25.4 Å². The van der Waals surface area contributed by atoms with Crippen LogP contribution in [0.1, 0.15) is 29.3 Å². The molecule has 0 fully saturated rings. The molecule has 1 rings (SSSR count). The summed E-state index contributed by atoms with van der Waals surface area (Å²) in [7, 11) is 4.07. The fraction of sp³-hybridized carbons (Fsp3) is 0.700. The number of H-pyrrole nitrogens is 1. The van der Waals surface area contributed by atoms with Gasteiger partial charge in [0.15, 0.2) is 0 Å². The number of hydrogen-bond donors (Lipinski definition) is 2. The molecule has 6 nitrogen and oxygen atoms in total. The predicted molar refractivity (Wildman–Crippen MR) is 61.2 cm³/mol. The lowest BCUT2D eigenvalue weighted by Crippen LogP contribution is -2.26. The Morgan fingerprint density at radius 2 is 2.19 bits per heavy atom. The Balaban J connectivity index is 2.16. The fourth-order valence-electron chi connectivity index (χ4n) is 1.28. The third-order valence-corrected chi connectivity index (χ3v) is 2.12. The highest BCUT2D eigenvalue weighted by Gasteiger charge is 2.09. The van der Waals surface area contributed by atoms with Gasteiger partial charge in [-0.05, 0) is 40.4 Å². The van der Waals surface area contributed by atoms with Crippen LogP contribution in [0.2, 0.25) is 0 Å². The third kappa shape index (κ3) is 4.39. The standard InChI is InChI=1S/C10H19N5O/c1-8-12-9(14-13-8)10(16)11-6-4-5-7-15(2)3/h4-7H2,1-3H3,(H,11,16)(H,12,13,14). The molecule has 90 valence electrons. The van der Waals surface area contributed by atoms with Gasteiger partial charge in [-0.1, -0.05) is 0 Å². The van der Waals surface area contributed by atoms with Crippen LogP contribution in [0.3, 0.4) is 0 Å². The Hall–Kier alpha value is -1.43. The molecule has 2 N–H and O–H groups in total. The zero-order valence-corrected chi connectivity index (χ0v) is 10.1. The molecule has 0 saturated heterocycles. The van der Waals surface area contributed by atoms with E-state index in [0.717, 1.165) is 19.4 Å². The predicted octanol–water partition coefficient (Wildman–Crippen LogP) is 0.185. The highest BCUT2D eigenvalue weighted by Crippen LogP contribution is 1.92. The molecule has 0 aliphatic heterocycles. The molecule has 1 aromatic rings. The first kappa shape index (κ1) is 12.6. The third-order valence-electron chi connectivity index (χ3n) is 2.12. The number of aryl methyl sites for hydroxylation is 1. The van der Waals surface area contributed by atoms with E-state index in [9.17, 15) is 4.79 Å². The minimum Gasteiger partial charge on any atom is -0.349 e. The first-order valence-electron chi connectivity index (χ1n) is 5.41. The summed E-state index contributed by atoms with van der Waals surface area (Å²) in [5.74, 6) is 0.650. The molecule has 0 unspecified atom stereocenters. The average molecular weight is 225 g/mol. The summed E-state index contributed by atoms with van der Waals surface area (Å²) in [6.07, 6.45) is 2.04. The van der Waals surface area contributed by atoms with Gasteiger partial charge in [-0.25, -0.2) is 4.98 Å². The van der Waals surface area contributed by atoms with Gasteiger partial charge < -0.3 is 10.2 Å². The van der Waals surface area contributed by atoms with E-state index in [0.29, 0.717) is 12.4 Å². The number of aromatic nitrogens is 3. The minimum absolute atomic E-state index is 0.213. The lowest BCUT2D eigenvalue weighted by atomic mass is 10.3. The summed E-state index contributed by atoms with van der Waals surface area (Å²) in [6, 6.07) is 0. The number of unbranched alkanes of at least 4 members (excludes halogenated alkanes) is 1. The van der Waals surface area contributed by atoms with Crippen molar-refractivity contribution in [2.75, 3.05) is 27.2 Å². The number of hydrogen-bond acceptors (Lipinski definition) is 4. The second-order valence-electron chi connectivity index (χ2n) is 4.01. The first-order valence-corrected chi connectivity index (χ1v) is 5.41. The summed E-state index contributed by atoms with van der Waals surface area (Å²) in [6.45, 7) is 3.47. The number of carbonyl (C=O) groups is 1. The molecule has 16 heavy (non-hydrogen) atoms. The number of aromatic amines is 1. The number of amides is 1. The zero-order chi connectivity index (χ0) is 12.0. The van der Waals surface area contributed by atoms with E-state index < -0.39 is 0 Å². The van der Waals surface area contributed by atoms with Gasteiger partial charge in [-0.15, -0.1) is 5.10 Å². The van der Waals surface area contributed by atoms with Crippen LogP contribution in [0.15, 0.2) is 0 Å². The van der Waals surface area contributed by atoms with E-state index in [2.05, 4.69) is 25.4 Å². The molecule has 1 heterocycles. The maximum absolute atomic E-state index is 11.5. The van der Waals surface area contributed by atoms with Gasteiger partial charge in [-0.3, -0.25) is 9.89 Å². The minimum atomic E-state index is -0.214. The van der Waals surface area contributed by atoms with Gasteiger partial charge in [-0.2, -0.15) is 0 Å². The van der Waals surface area contributed by atoms with Gasteiger partial charge in [0, 0.05) is 6.54 Å². The molecule has 6 heteroatoms. The second-order valence-corrected chi connectivity index (χ2v) is 4.01. The van der Waals surface area contributed by atoms with Gasteiger partial charge in [0.2, 0.25) is 5.82 Å². The van der Waals surface area contributed by atoms with Crippen LogP contribution < -0.4 is 5.32 Å². The molecule has 1 amide bonds. The van der Waals surface area contributed by atoms with Gasteiger partial charge in [0.1, 0.15) is 5.82 Å². The van der Waals surface area contributed by atoms with Crippen molar-refractivity contribution in [2.24, 2.45) is 0 Å². The molecule has 0 aliphatic rings. The quantitative estimate of drug-likeness (QED) is 0.678. The van der Waals surface area contributed by atoms with Gasteiger partial charge in [0.05, 0.1) is 0 Å². The molecule has 0 spiro atoms. The summed E-state index contributed by atoms with van der Waals surface area (Å²) in [4.78, 5) is 17.6. The molecule has 0 saturated carbocycles. The van der Waals surface area contributed by atoms with Crippen molar-refractivity contribution in [3.63, 3.8) is 0 Å². The lowest BCUT2D eigenvalue weighted by molar-refractivity contribution is 0.0942. The summed E-state index contributed by atoms with van der Waals surface area (Å²) >= 11 is 0. The molecule has 0 aliphatic carbocycles. The van der Waals surface area contributed by atoms with Crippen molar-refractivity contribution in [2.45, 2.75) is 19.8 Å². The summed E-state index contributed by atoms with van der Waals surface area (Å²) < 4.78 is 0. The van der Waals surface area contributed by atoms with Crippen molar-refractivity contribution in [3.05, 3.63) is 11.6 Å². The highest BCUT2D eigenvalue weighted by molar-refractivity contribution is 5.90. The fourth-order valence-corrected chi connectivity index (χ4v) is 1.28. The SMILES string of the molecule is Cc1nc(C(=O)NCCCCN(C)C)n[nH]1. The van der Waals surface area contributed by atoms with Crippen LogP contribution in [0.25, 0.3) is 0 Å². The lowest BCUT2D eigenvalue weighted by Gasteiger charge is -2.08. The van der Waals surface area contributed by atoms with Crippen LogP contribution in [0.5, 0.6) is 0 Å². The molecular formula is C10H19N5O. The van der Waals surface area contributed by atoms with Gasteiger partial charge >= 0.3 is 0 Å². The molecule has 0 atom stereocenters. The number of carbonyl (C=O) groups excluding carboxylic acids is 1. The number of nitrogens with one attached hydrogen (secondary N) is 2. The van der Waals surface area contributed by atoms with Crippen LogP contribution >= 0.6 is 0 Å². The Morgan fingerprint density at radius 3 is 2.75 bits per heavy atom. The highest BCUT2D eigenvalue weighted by atomic mass is 16.2. The Morgan fingerprint density at radius 1 is 1.44 bits per heavy atom. The van der Waals surface area contributed by atoms with E-state index in [-0.39, 0.29) is 11.7 Å². The Kier molecular flexibility index (Phi) is 4.91. The molecule has 0 radical (unpaired) electrons. The van der Waals surface area contributed by atoms with Crippen LogP contribution in [-0.4, -0.2) is 53.2 Å². The largest absolute Gasteiger partial charge is 0.349 e. The van der Waals surface area contributed by atoms with E-state index in [1.54, 1.807) is 6.92 Å². The normalized spacial score (nSPS) is 10.8. The number of rotatable bonds is 6. The van der Waals surface area contributed by atoms with Gasteiger partial charge in [0.25, 0.3) is 5.91 Å². The summed E-state index contributed by atoms with van der Waals surface area (Å²) in [5.41, 5.74) is 0. The van der Waals surface area contributed by atoms with E-state index in [4.69, 9.17) is 0 Å². The smallest absolute Gasteiger partial charge is 0.290 e. The number of nitrogens with zero attached hydrogens (tertiary/aromatic N) is 3. The van der Waals surface area contributed by atoms with Crippen LogP contribution in [0.4, 0.5) is 0 Å². The molecule has 0 bridgehead atoms. The first-order chi connectivity index (χ1) is 7.59. The Bertz CT molecular complexity index is 334. The van der Waals surface area contributed by atoms with Crippen molar-refractivity contribution >= 4 is 5.91 Å². The van der Waals surface area contributed by atoms with E-state index in [1.165, 1.54) is 0 Å². The van der Waals surface area contributed by atoms with E-state index in [1.807, 2.05) is 14.1 Å². The maximum Gasteiger partial charge on any atom is 0.290 e. The second kappa shape index (κ2) is 6.22. The monoisotopic (exact) mass is 225 g/mol.